The molecule has 0 N–H and O–H groups in total. The summed E-state index contributed by atoms with van der Waals surface area (Å²) in [7, 11) is 3.34. The van der Waals surface area contributed by atoms with Gasteiger partial charge in [-0.05, 0) is 72.8 Å². The summed E-state index contributed by atoms with van der Waals surface area (Å²) < 4.78 is 13.0. The largest absolute Gasteiger partial charge is 0.497 e. The van der Waals surface area contributed by atoms with Crippen molar-refractivity contribution in [2.24, 2.45) is 0 Å². The van der Waals surface area contributed by atoms with E-state index in [2.05, 4.69) is 33.8 Å². The van der Waals surface area contributed by atoms with E-state index in [1.165, 1.54) is 0 Å². The van der Waals surface area contributed by atoms with Crippen LogP contribution in [-0.4, -0.2) is 28.8 Å². The van der Waals surface area contributed by atoms with Crippen LogP contribution >= 0.6 is 0 Å². The van der Waals surface area contributed by atoms with E-state index in [-0.39, 0.29) is 0 Å². The van der Waals surface area contributed by atoms with Gasteiger partial charge in [0.25, 0.3) is 0 Å². The summed E-state index contributed by atoms with van der Waals surface area (Å²) >= 11 is 0. The van der Waals surface area contributed by atoms with E-state index in [1.54, 1.807) is 26.6 Å². The predicted molar refractivity (Wildman–Crippen MR) is 131 cm³/mol. The molecular weight excluding hydrogens is 410 g/mol. The van der Waals surface area contributed by atoms with Crippen molar-refractivity contribution in [3.05, 3.63) is 103 Å². The topological polar surface area (TPSA) is 49.2 Å². The fourth-order valence-electron chi connectivity index (χ4n) is 3.91. The zero-order chi connectivity index (χ0) is 22.6. The molecular formula is C28H23N3O2. The summed E-state index contributed by atoms with van der Waals surface area (Å²) in [6.07, 6.45) is 3.58. The Labute approximate surface area is 192 Å². The molecule has 2 heterocycles. The molecule has 162 valence electrons. The third-order valence-electron chi connectivity index (χ3n) is 5.56. The van der Waals surface area contributed by atoms with Gasteiger partial charge in [-0.2, -0.15) is 0 Å². The van der Waals surface area contributed by atoms with Crippen LogP contribution in [0, 0.1) is 0 Å². The first-order valence-electron chi connectivity index (χ1n) is 10.7. The molecule has 0 bridgehead atoms. The zero-order valence-electron chi connectivity index (χ0n) is 18.5. The summed E-state index contributed by atoms with van der Waals surface area (Å²) in [6, 6.07) is 30.3. The van der Waals surface area contributed by atoms with Crippen molar-refractivity contribution < 1.29 is 9.47 Å². The first-order valence-corrected chi connectivity index (χ1v) is 10.7. The first kappa shape index (κ1) is 20.5. The third-order valence-corrected chi connectivity index (χ3v) is 5.56. The van der Waals surface area contributed by atoms with E-state index in [0.29, 0.717) is 0 Å². The number of ether oxygens (including phenoxy) is 2. The van der Waals surface area contributed by atoms with E-state index in [9.17, 15) is 0 Å². The van der Waals surface area contributed by atoms with Crippen LogP contribution in [0.4, 0.5) is 0 Å². The Morgan fingerprint density at radius 1 is 0.606 bits per heavy atom. The Balaban J connectivity index is 1.83. The van der Waals surface area contributed by atoms with Crippen LogP contribution in [0.5, 0.6) is 11.5 Å². The molecule has 5 aromatic rings. The SMILES string of the molecule is COc1ccc(-c2nc(-c3ccncc3)n(-c3ccccc3)c2-c2ccc(OC)cc2)cc1. The minimum Gasteiger partial charge on any atom is -0.497 e. The van der Waals surface area contributed by atoms with E-state index in [0.717, 1.165) is 51.1 Å². The minimum atomic E-state index is 0.807. The number of aromatic nitrogens is 3. The molecule has 0 aliphatic rings. The quantitative estimate of drug-likeness (QED) is 0.316. The molecule has 5 nitrogen and oxygen atoms in total. The van der Waals surface area contributed by atoms with Gasteiger partial charge in [-0.1, -0.05) is 18.2 Å². The highest BCUT2D eigenvalue weighted by molar-refractivity contribution is 5.84. The van der Waals surface area contributed by atoms with Gasteiger partial charge >= 0.3 is 0 Å². The van der Waals surface area contributed by atoms with Crippen LogP contribution in [0.2, 0.25) is 0 Å². The van der Waals surface area contributed by atoms with Gasteiger partial charge in [0.15, 0.2) is 0 Å². The summed E-state index contributed by atoms with van der Waals surface area (Å²) in [5, 5.41) is 0. The Kier molecular flexibility index (Phi) is 5.60. The fraction of sp³-hybridized carbons (Fsp3) is 0.0714. The minimum absolute atomic E-state index is 0.807. The smallest absolute Gasteiger partial charge is 0.145 e. The van der Waals surface area contributed by atoms with E-state index in [4.69, 9.17) is 14.5 Å². The van der Waals surface area contributed by atoms with E-state index in [1.807, 2.05) is 66.7 Å². The number of pyridine rings is 1. The van der Waals surface area contributed by atoms with Gasteiger partial charge in [-0.3, -0.25) is 9.55 Å². The van der Waals surface area contributed by atoms with E-state index >= 15 is 0 Å². The third kappa shape index (κ3) is 3.96. The van der Waals surface area contributed by atoms with Crippen molar-refractivity contribution in [3.8, 4) is 51.1 Å². The molecule has 0 saturated heterocycles. The van der Waals surface area contributed by atoms with Gasteiger partial charge in [0, 0.05) is 34.8 Å². The Hall–Kier alpha value is -4.38. The summed E-state index contributed by atoms with van der Waals surface area (Å²) in [5.74, 6) is 2.46. The van der Waals surface area contributed by atoms with Crippen molar-refractivity contribution in [2.75, 3.05) is 14.2 Å². The number of imidazole rings is 1. The number of nitrogens with zero attached hydrogens (tertiary/aromatic N) is 3. The lowest BCUT2D eigenvalue weighted by atomic mass is 10.0. The average molecular weight is 434 g/mol. The number of hydrogen-bond acceptors (Lipinski definition) is 4. The zero-order valence-corrected chi connectivity index (χ0v) is 18.5. The monoisotopic (exact) mass is 433 g/mol. The van der Waals surface area contributed by atoms with Crippen LogP contribution in [-0.2, 0) is 0 Å². The number of benzene rings is 3. The van der Waals surface area contributed by atoms with Gasteiger partial charge in [-0.25, -0.2) is 4.98 Å². The summed E-state index contributed by atoms with van der Waals surface area (Å²) in [4.78, 5) is 9.36. The summed E-state index contributed by atoms with van der Waals surface area (Å²) in [5.41, 5.74) is 5.95. The molecule has 0 aliphatic heterocycles. The van der Waals surface area contributed by atoms with Gasteiger partial charge in [0.1, 0.15) is 17.3 Å². The number of para-hydroxylation sites is 1. The molecule has 0 radical (unpaired) electrons. The molecule has 0 atom stereocenters. The molecule has 0 aliphatic carbocycles. The number of methoxy groups -OCH3 is 2. The molecule has 5 heteroatoms. The maximum Gasteiger partial charge on any atom is 0.145 e. The molecule has 0 saturated carbocycles. The maximum atomic E-state index is 5.39. The molecule has 5 rings (SSSR count). The first-order chi connectivity index (χ1) is 16.3. The number of rotatable bonds is 6. The standard InChI is InChI=1S/C28H23N3O2/c1-32-24-12-8-20(9-13-24)26-27(21-10-14-25(33-2)15-11-21)31(23-6-4-3-5-7-23)28(30-26)22-16-18-29-19-17-22/h3-19H,1-2H3. The average Bonchev–Trinajstić information content (AvgIpc) is 3.30. The van der Waals surface area contributed by atoms with Crippen molar-refractivity contribution in [1.82, 2.24) is 14.5 Å². The maximum absolute atomic E-state index is 5.39. The second-order valence-corrected chi connectivity index (χ2v) is 7.50. The highest BCUT2D eigenvalue weighted by Crippen LogP contribution is 2.39. The number of hydrogen-bond donors (Lipinski definition) is 0. The molecule has 0 unspecified atom stereocenters. The normalized spacial score (nSPS) is 10.7. The Morgan fingerprint density at radius 3 is 1.76 bits per heavy atom. The Morgan fingerprint density at radius 2 is 1.18 bits per heavy atom. The lowest BCUT2D eigenvalue weighted by molar-refractivity contribution is 0.414. The van der Waals surface area contributed by atoms with Crippen LogP contribution in [0.25, 0.3) is 39.6 Å². The van der Waals surface area contributed by atoms with Crippen LogP contribution in [0.3, 0.4) is 0 Å². The van der Waals surface area contributed by atoms with Crippen LogP contribution in [0.1, 0.15) is 0 Å². The molecule has 0 amide bonds. The predicted octanol–water partition coefficient (Wildman–Crippen LogP) is 6.29. The molecule has 3 aromatic carbocycles. The second kappa shape index (κ2) is 9.01. The van der Waals surface area contributed by atoms with Crippen molar-refractivity contribution >= 4 is 0 Å². The van der Waals surface area contributed by atoms with Crippen molar-refractivity contribution in [1.29, 1.82) is 0 Å². The molecule has 2 aromatic heterocycles. The van der Waals surface area contributed by atoms with Gasteiger partial charge in [-0.15, -0.1) is 0 Å². The molecule has 33 heavy (non-hydrogen) atoms. The fourth-order valence-corrected chi connectivity index (χ4v) is 3.91. The lowest BCUT2D eigenvalue weighted by Gasteiger charge is -2.14. The molecule has 0 fully saturated rings. The summed E-state index contributed by atoms with van der Waals surface area (Å²) in [6.45, 7) is 0. The second-order valence-electron chi connectivity index (χ2n) is 7.50. The van der Waals surface area contributed by atoms with Crippen LogP contribution in [0.15, 0.2) is 103 Å². The highest BCUT2D eigenvalue weighted by atomic mass is 16.5. The highest BCUT2D eigenvalue weighted by Gasteiger charge is 2.22. The lowest BCUT2D eigenvalue weighted by Crippen LogP contribution is -2.00. The van der Waals surface area contributed by atoms with Crippen molar-refractivity contribution in [3.63, 3.8) is 0 Å². The van der Waals surface area contributed by atoms with Gasteiger partial charge in [0.2, 0.25) is 0 Å². The van der Waals surface area contributed by atoms with Crippen molar-refractivity contribution in [2.45, 2.75) is 0 Å². The van der Waals surface area contributed by atoms with E-state index < -0.39 is 0 Å². The Bertz CT molecular complexity index is 1340. The van der Waals surface area contributed by atoms with Gasteiger partial charge in [0.05, 0.1) is 25.6 Å². The molecule has 0 spiro atoms. The van der Waals surface area contributed by atoms with Crippen LogP contribution < -0.4 is 9.47 Å². The van der Waals surface area contributed by atoms with Gasteiger partial charge < -0.3 is 9.47 Å².